The van der Waals surface area contributed by atoms with Crippen LogP contribution in [0.2, 0.25) is 0 Å². The highest BCUT2D eigenvalue weighted by atomic mass is 32.2. The summed E-state index contributed by atoms with van der Waals surface area (Å²) >= 11 is 0. The normalized spacial score (nSPS) is 14.8. The van der Waals surface area contributed by atoms with E-state index in [1.807, 2.05) is 25.1 Å². The lowest BCUT2D eigenvalue weighted by Crippen LogP contribution is -2.42. The van der Waals surface area contributed by atoms with Crippen LogP contribution >= 0.6 is 0 Å². The molecule has 2 aromatic carbocycles. The van der Waals surface area contributed by atoms with Gasteiger partial charge in [0.1, 0.15) is 0 Å². The number of ether oxygens (including phenoxy) is 1. The summed E-state index contributed by atoms with van der Waals surface area (Å²) in [5.41, 5.74) is 3.27. The number of benzene rings is 2. The molecular weight excluding hydrogens is 390 g/mol. The smallest absolute Gasteiger partial charge is 0.307 e. The number of sulfone groups is 1. The number of hydrogen-bond donors (Lipinski definition) is 0. The molecule has 1 heterocycles. The van der Waals surface area contributed by atoms with Gasteiger partial charge in [0.2, 0.25) is 0 Å². The average molecular weight is 416 g/mol. The van der Waals surface area contributed by atoms with Crippen LogP contribution in [0.1, 0.15) is 30.0 Å². The third kappa shape index (κ3) is 5.23. The molecule has 0 aromatic heterocycles. The third-order valence-electron chi connectivity index (χ3n) is 5.05. The third-order valence-corrected chi connectivity index (χ3v) is 6.79. The van der Waals surface area contributed by atoms with Crippen molar-refractivity contribution in [2.24, 2.45) is 0 Å². The summed E-state index contributed by atoms with van der Waals surface area (Å²) in [6.07, 6.45) is -0.483. The molecule has 0 saturated carbocycles. The highest BCUT2D eigenvalue weighted by molar-refractivity contribution is 7.91. The van der Waals surface area contributed by atoms with Crippen LogP contribution in [0, 0.1) is 6.92 Å². The second-order valence-electron chi connectivity index (χ2n) is 7.29. The number of esters is 1. The molecule has 1 atom stereocenters. The monoisotopic (exact) mass is 415 g/mol. The van der Waals surface area contributed by atoms with Crippen LogP contribution in [0.3, 0.4) is 0 Å². The molecule has 0 saturated heterocycles. The molecule has 0 fully saturated rings. The lowest BCUT2D eigenvalue weighted by Gasteiger charge is -2.30. The van der Waals surface area contributed by atoms with E-state index in [0.717, 1.165) is 17.5 Å². The van der Waals surface area contributed by atoms with Crippen molar-refractivity contribution in [2.75, 3.05) is 12.3 Å². The SMILES string of the molecule is Cc1ccc(S(=O)(=O)CCC(=O)O[C@@H](C)C(=O)N2CCc3ccccc3C2)cc1. The van der Waals surface area contributed by atoms with Gasteiger partial charge in [0, 0.05) is 13.1 Å². The fraction of sp³-hybridized carbons (Fsp3) is 0.364. The Hall–Kier alpha value is -2.67. The van der Waals surface area contributed by atoms with E-state index in [-0.39, 0.29) is 23.0 Å². The molecule has 7 heteroatoms. The van der Waals surface area contributed by atoms with Crippen LogP contribution in [0.5, 0.6) is 0 Å². The van der Waals surface area contributed by atoms with E-state index in [2.05, 4.69) is 6.07 Å². The molecule has 0 N–H and O–H groups in total. The second-order valence-corrected chi connectivity index (χ2v) is 9.40. The Bertz CT molecular complexity index is 998. The number of carbonyl (C=O) groups is 2. The number of carbonyl (C=O) groups excluding carboxylic acids is 2. The van der Waals surface area contributed by atoms with E-state index in [9.17, 15) is 18.0 Å². The zero-order chi connectivity index (χ0) is 21.0. The topological polar surface area (TPSA) is 80.7 Å². The number of rotatable bonds is 6. The fourth-order valence-electron chi connectivity index (χ4n) is 3.33. The van der Waals surface area contributed by atoms with E-state index < -0.39 is 21.9 Å². The van der Waals surface area contributed by atoms with Crippen molar-refractivity contribution in [1.29, 1.82) is 0 Å². The minimum Gasteiger partial charge on any atom is -0.453 e. The summed E-state index contributed by atoms with van der Waals surface area (Å²) in [5, 5.41) is 0. The van der Waals surface area contributed by atoms with Crippen molar-refractivity contribution in [3.05, 3.63) is 65.2 Å². The van der Waals surface area contributed by atoms with Gasteiger partial charge in [-0.2, -0.15) is 0 Å². The molecule has 154 valence electrons. The second kappa shape index (κ2) is 8.78. The molecule has 0 unspecified atom stereocenters. The minimum absolute atomic E-state index is 0.173. The summed E-state index contributed by atoms with van der Waals surface area (Å²) in [4.78, 5) is 26.6. The molecule has 1 aliphatic rings. The molecule has 0 aliphatic carbocycles. The first-order chi connectivity index (χ1) is 13.8. The van der Waals surface area contributed by atoms with Gasteiger partial charge in [0.15, 0.2) is 15.9 Å². The first-order valence-electron chi connectivity index (χ1n) is 9.61. The quantitative estimate of drug-likeness (QED) is 0.678. The standard InChI is InChI=1S/C22H25NO5S/c1-16-7-9-20(10-8-16)29(26,27)14-12-21(24)28-17(2)22(25)23-13-11-18-5-3-4-6-19(18)15-23/h3-10,17H,11-15H2,1-2H3/t17-/m0/s1. The Morgan fingerprint density at radius 2 is 1.72 bits per heavy atom. The van der Waals surface area contributed by atoms with Crippen LogP contribution in [0.15, 0.2) is 53.4 Å². The van der Waals surface area contributed by atoms with E-state index in [4.69, 9.17) is 4.74 Å². The van der Waals surface area contributed by atoms with Crippen molar-refractivity contribution in [3.63, 3.8) is 0 Å². The summed E-state index contributed by atoms with van der Waals surface area (Å²) in [7, 11) is -3.58. The van der Waals surface area contributed by atoms with Gasteiger partial charge in [0.25, 0.3) is 5.91 Å². The molecule has 29 heavy (non-hydrogen) atoms. The van der Waals surface area contributed by atoms with Crippen molar-refractivity contribution in [2.45, 2.75) is 44.2 Å². The predicted molar refractivity (Wildman–Crippen MR) is 109 cm³/mol. The van der Waals surface area contributed by atoms with Crippen LogP contribution in [0.25, 0.3) is 0 Å². The molecule has 1 aliphatic heterocycles. The first kappa shape index (κ1) is 21.0. The first-order valence-corrected chi connectivity index (χ1v) is 11.3. The van der Waals surface area contributed by atoms with Gasteiger partial charge >= 0.3 is 5.97 Å². The highest BCUT2D eigenvalue weighted by Gasteiger charge is 2.27. The van der Waals surface area contributed by atoms with Gasteiger partial charge in [-0.3, -0.25) is 9.59 Å². The van der Waals surface area contributed by atoms with Gasteiger partial charge in [0.05, 0.1) is 17.1 Å². The molecular formula is C22H25NO5S. The van der Waals surface area contributed by atoms with Crippen LogP contribution in [-0.4, -0.2) is 43.6 Å². The number of nitrogens with zero attached hydrogens (tertiary/aromatic N) is 1. The summed E-state index contributed by atoms with van der Waals surface area (Å²) in [6, 6.07) is 14.4. The molecule has 2 aromatic rings. The largest absolute Gasteiger partial charge is 0.453 e. The van der Waals surface area contributed by atoms with Crippen LogP contribution in [0.4, 0.5) is 0 Å². The van der Waals surface area contributed by atoms with Gasteiger partial charge in [-0.25, -0.2) is 8.42 Å². The summed E-state index contributed by atoms with van der Waals surface area (Å²) in [5.74, 6) is -1.32. The zero-order valence-corrected chi connectivity index (χ0v) is 17.4. The molecule has 1 amide bonds. The highest BCUT2D eigenvalue weighted by Crippen LogP contribution is 2.20. The molecule has 0 radical (unpaired) electrons. The fourth-order valence-corrected chi connectivity index (χ4v) is 4.55. The average Bonchev–Trinajstić information content (AvgIpc) is 2.71. The minimum atomic E-state index is -3.58. The number of hydrogen-bond acceptors (Lipinski definition) is 5. The Morgan fingerprint density at radius 1 is 1.07 bits per heavy atom. The Labute approximate surface area is 171 Å². The van der Waals surface area contributed by atoms with Crippen molar-refractivity contribution in [3.8, 4) is 0 Å². The lowest BCUT2D eigenvalue weighted by atomic mass is 9.99. The van der Waals surface area contributed by atoms with E-state index in [0.29, 0.717) is 13.1 Å². The van der Waals surface area contributed by atoms with Gasteiger partial charge in [-0.1, -0.05) is 42.0 Å². The Kier molecular flexibility index (Phi) is 6.37. The maximum Gasteiger partial charge on any atom is 0.307 e. The number of amides is 1. The maximum absolute atomic E-state index is 12.6. The molecule has 0 bridgehead atoms. The summed E-state index contributed by atoms with van der Waals surface area (Å²) in [6.45, 7) is 4.44. The van der Waals surface area contributed by atoms with Crippen molar-refractivity contribution < 1.29 is 22.7 Å². The van der Waals surface area contributed by atoms with Crippen molar-refractivity contribution >= 4 is 21.7 Å². The van der Waals surface area contributed by atoms with E-state index in [1.165, 1.54) is 24.6 Å². The van der Waals surface area contributed by atoms with Crippen LogP contribution < -0.4 is 0 Å². The molecule has 3 rings (SSSR count). The molecule has 0 spiro atoms. The molecule has 6 nitrogen and oxygen atoms in total. The van der Waals surface area contributed by atoms with Gasteiger partial charge in [-0.15, -0.1) is 0 Å². The lowest BCUT2D eigenvalue weighted by molar-refractivity contribution is -0.159. The predicted octanol–water partition coefficient (Wildman–Crippen LogP) is 2.68. The Balaban J connectivity index is 1.52. The number of fused-ring (bicyclic) bond motifs is 1. The van der Waals surface area contributed by atoms with Gasteiger partial charge < -0.3 is 9.64 Å². The Morgan fingerprint density at radius 3 is 2.41 bits per heavy atom. The summed E-state index contributed by atoms with van der Waals surface area (Å²) < 4.78 is 29.9. The van der Waals surface area contributed by atoms with Crippen molar-refractivity contribution in [1.82, 2.24) is 4.90 Å². The zero-order valence-electron chi connectivity index (χ0n) is 16.6. The maximum atomic E-state index is 12.6. The van der Waals surface area contributed by atoms with Gasteiger partial charge in [-0.05, 0) is 43.5 Å². The van der Waals surface area contributed by atoms with Crippen LogP contribution in [-0.2, 0) is 37.1 Å². The van der Waals surface area contributed by atoms with E-state index in [1.54, 1.807) is 17.0 Å². The van der Waals surface area contributed by atoms with E-state index >= 15 is 0 Å². The number of aryl methyl sites for hydroxylation is 1.